The first-order valence-electron chi connectivity index (χ1n) is 7.24. The summed E-state index contributed by atoms with van der Waals surface area (Å²) in [6, 6.07) is 9.68. The Balaban J connectivity index is 2.00. The molecule has 0 aliphatic rings. The zero-order valence-corrected chi connectivity index (χ0v) is 13.4. The van der Waals surface area contributed by atoms with Crippen molar-refractivity contribution in [2.75, 3.05) is 26.1 Å². The third kappa shape index (κ3) is 4.19. The predicted molar refractivity (Wildman–Crippen MR) is 91.6 cm³/mol. The van der Waals surface area contributed by atoms with Gasteiger partial charge in [0.2, 0.25) is 0 Å². The summed E-state index contributed by atoms with van der Waals surface area (Å²) in [5.41, 5.74) is 1.67. The van der Waals surface area contributed by atoms with E-state index in [-0.39, 0.29) is 17.1 Å². The molecule has 0 fully saturated rings. The Morgan fingerprint density at radius 1 is 1.12 bits per heavy atom. The quantitative estimate of drug-likeness (QED) is 0.558. The fraction of sp³-hybridized carbons (Fsp3) is 0.167. The number of rotatable bonds is 6. The summed E-state index contributed by atoms with van der Waals surface area (Å²) in [7, 11) is 2.75. The van der Waals surface area contributed by atoms with Crippen LogP contribution in [0.25, 0.3) is 6.08 Å². The molecule has 6 nitrogen and oxygen atoms in total. The molecule has 0 saturated heterocycles. The van der Waals surface area contributed by atoms with Gasteiger partial charge in [0.25, 0.3) is 0 Å². The number of phenolic OH excluding ortho intramolecular Hbond substituents is 2. The third-order valence-corrected chi connectivity index (χ3v) is 3.34. The van der Waals surface area contributed by atoms with Gasteiger partial charge in [-0.05, 0) is 35.9 Å². The maximum Gasteiger partial charge on any atom is 0.341 e. The monoisotopic (exact) mass is 329 g/mol. The lowest BCUT2D eigenvalue weighted by Gasteiger charge is -2.07. The summed E-state index contributed by atoms with van der Waals surface area (Å²) in [6.07, 6.45) is 3.76. The Morgan fingerprint density at radius 2 is 1.88 bits per heavy atom. The molecule has 2 aromatic carbocycles. The van der Waals surface area contributed by atoms with Crippen LogP contribution >= 0.6 is 0 Å². The Bertz CT molecular complexity index is 755. The van der Waals surface area contributed by atoms with E-state index >= 15 is 0 Å². The van der Waals surface area contributed by atoms with E-state index in [4.69, 9.17) is 4.74 Å². The highest BCUT2D eigenvalue weighted by Crippen LogP contribution is 2.26. The van der Waals surface area contributed by atoms with Crippen molar-refractivity contribution in [2.24, 2.45) is 0 Å². The molecule has 0 amide bonds. The minimum atomic E-state index is -0.595. The van der Waals surface area contributed by atoms with E-state index in [1.165, 1.54) is 26.4 Å². The van der Waals surface area contributed by atoms with Crippen LogP contribution in [-0.2, 0) is 4.74 Å². The average Bonchev–Trinajstić information content (AvgIpc) is 2.60. The number of hydrogen-bond acceptors (Lipinski definition) is 6. The van der Waals surface area contributed by atoms with E-state index in [2.05, 4.69) is 10.1 Å². The predicted octanol–water partition coefficient (Wildman–Crippen LogP) is 3.02. The van der Waals surface area contributed by atoms with Crippen LogP contribution in [0.2, 0.25) is 0 Å². The molecular weight excluding hydrogens is 310 g/mol. The maximum absolute atomic E-state index is 11.5. The highest BCUT2D eigenvalue weighted by atomic mass is 16.5. The Morgan fingerprint density at radius 3 is 2.58 bits per heavy atom. The first-order chi connectivity index (χ1) is 11.5. The fourth-order valence-electron chi connectivity index (χ4n) is 2.09. The van der Waals surface area contributed by atoms with Crippen molar-refractivity contribution in [1.29, 1.82) is 0 Å². The molecule has 24 heavy (non-hydrogen) atoms. The number of methoxy groups -OCH3 is 2. The van der Waals surface area contributed by atoms with Gasteiger partial charge in [0.05, 0.1) is 14.2 Å². The number of benzene rings is 2. The lowest BCUT2D eigenvalue weighted by molar-refractivity contribution is 0.0597. The number of anilines is 1. The summed E-state index contributed by atoms with van der Waals surface area (Å²) in [5.74, 6) is -0.222. The fourth-order valence-corrected chi connectivity index (χ4v) is 2.09. The lowest BCUT2D eigenvalue weighted by Crippen LogP contribution is -2.04. The van der Waals surface area contributed by atoms with Gasteiger partial charge in [0.1, 0.15) is 11.3 Å². The standard InChI is InChI=1S/C18H19NO5/c1-23-17-10-12(5-7-16(17)21)4-3-9-19-13-6-8-15(20)14(11-13)18(22)24-2/h3-8,10-11,19-21H,9H2,1-2H3. The Kier molecular flexibility index (Phi) is 5.68. The van der Waals surface area contributed by atoms with Crippen LogP contribution in [0.3, 0.4) is 0 Å². The molecule has 0 saturated carbocycles. The van der Waals surface area contributed by atoms with Crippen LogP contribution < -0.4 is 10.1 Å². The number of hydrogen-bond donors (Lipinski definition) is 3. The number of phenols is 2. The van der Waals surface area contributed by atoms with Crippen LogP contribution in [0.4, 0.5) is 5.69 Å². The van der Waals surface area contributed by atoms with Gasteiger partial charge in [-0.3, -0.25) is 0 Å². The molecule has 0 unspecified atom stereocenters. The van der Waals surface area contributed by atoms with Gasteiger partial charge in [-0.2, -0.15) is 0 Å². The van der Waals surface area contributed by atoms with Gasteiger partial charge in [-0.1, -0.05) is 18.2 Å². The molecule has 0 spiro atoms. The second kappa shape index (κ2) is 7.92. The van der Waals surface area contributed by atoms with Gasteiger partial charge in [0, 0.05) is 12.2 Å². The molecule has 0 aliphatic carbocycles. The number of aromatic hydroxyl groups is 2. The van der Waals surface area contributed by atoms with Crippen molar-refractivity contribution in [3.63, 3.8) is 0 Å². The van der Waals surface area contributed by atoms with Crippen molar-refractivity contribution >= 4 is 17.7 Å². The topological polar surface area (TPSA) is 88.0 Å². The van der Waals surface area contributed by atoms with E-state index < -0.39 is 5.97 Å². The van der Waals surface area contributed by atoms with E-state index in [0.29, 0.717) is 18.0 Å². The Labute approximate surface area is 140 Å². The SMILES string of the molecule is COC(=O)c1cc(NCC=Cc2ccc(O)c(OC)c2)ccc1O. The van der Waals surface area contributed by atoms with E-state index in [1.54, 1.807) is 24.3 Å². The molecule has 2 rings (SSSR count). The molecular formula is C18H19NO5. The molecule has 126 valence electrons. The minimum absolute atomic E-state index is 0.0900. The highest BCUT2D eigenvalue weighted by molar-refractivity contribution is 5.93. The molecule has 0 bridgehead atoms. The van der Waals surface area contributed by atoms with Crippen LogP contribution in [0.15, 0.2) is 42.5 Å². The number of carbonyl (C=O) groups is 1. The number of carbonyl (C=O) groups excluding carboxylic acids is 1. The summed E-state index contributed by atoms with van der Waals surface area (Å²) in [5, 5.41) is 22.3. The first kappa shape index (κ1) is 17.2. The highest BCUT2D eigenvalue weighted by Gasteiger charge is 2.11. The third-order valence-electron chi connectivity index (χ3n) is 3.34. The van der Waals surface area contributed by atoms with Gasteiger partial charge >= 0.3 is 5.97 Å². The van der Waals surface area contributed by atoms with Crippen LogP contribution in [0, 0.1) is 0 Å². The molecule has 0 aromatic heterocycles. The molecule has 0 radical (unpaired) electrons. The smallest absolute Gasteiger partial charge is 0.341 e. The average molecular weight is 329 g/mol. The minimum Gasteiger partial charge on any atom is -0.507 e. The molecule has 0 atom stereocenters. The second-order valence-corrected chi connectivity index (χ2v) is 4.94. The number of esters is 1. The van der Waals surface area contributed by atoms with Crippen LogP contribution in [0.1, 0.15) is 15.9 Å². The zero-order chi connectivity index (χ0) is 17.5. The van der Waals surface area contributed by atoms with Gasteiger partial charge in [0.15, 0.2) is 11.5 Å². The van der Waals surface area contributed by atoms with Crippen molar-refractivity contribution in [2.45, 2.75) is 0 Å². The summed E-state index contributed by atoms with van der Waals surface area (Å²) in [6.45, 7) is 0.509. The summed E-state index contributed by atoms with van der Waals surface area (Å²) < 4.78 is 9.67. The van der Waals surface area contributed by atoms with Crippen LogP contribution in [-0.4, -0.2) is 36.9 Å². The zero-order valence-electron chi connectivity index (χ0n) is 13.4. The van der Waals surface area contributed by atoms with Gasteiger partial charge < -0.3 is 25.0 Å². The molecule has 0 heterocycles. The van der Waals surface area contributed by atoms with Gasteiger partial charge in [-0.15, -0.1) is 0 Å². The molecule has 3 N–H and O–H groups in total. The Hall–Kier alpha value is -3.15. The van der Waals surface area contributed by atoms with Crippen LogP contribution in [0.5, 0.6) is 17.2 Å². The molecule has 2 aromatic rings. The normalized spacial score (nSPS) is 10.6. The van der Waals surface area contributed by atoms with Crippen molar-refractivity contribution in [3.8, 4) is 17.2 Å². The van der Waals surface area contributed by atoms with E-state index in [1.807, 2.05) is 12.2 Å². The summed E-state index contributed by atoms with van der Waals surface area (Å²) in [4.78, 5) is 11.5. The van der Waals surface area contributed by atoms with Crippen molar-refractivity contribution in [3.05, 3.63) is 53.6 Å². The summed E-state index contributed by atoms with van der Waals surface area (Å²) >= 11 is 0. The van der Waals surface area contributed by atoms with E-state index in [0.717, 1.165) is 5.56 Å². The molecule has 6 heteroatoms. The number of ether oxygens (including phenoxy) is 2. The van der Waals surface area contributed by atoms with Crippen molar-refractivity contribution < 1.29 is 24.5 Å². The first-order valence-corrected chi connectivity index (χ1v) is 7.24. The van der Waals surface area contributed by atoms with Gasteiger partial charge in [-0.25, -0.2) is 4.79 Å². The molecule has 0 aliphatic heterocycles. The lowest BCUT2D eigenvalue weighted by atomic mass is 10.1. The maximum atomic E-state index is 11.5. The second-order valence-electron chi connectivity index (χ2n) is 4.94. The largest absolute Gasteiger partial charge is 0.507 e. The van der Waals surface area contributed by atoms with Crippen molar-refractivity contribution in [1.82, 2.24) is 0 Å². The number of nitrogens with one attached hydrogen (secondary N) is 1. The van der Waals surface area contributed by atoms with E-state index in [9.17, 15) is 15.0 Å².